The number of halogens is 4. The van der Waals surface area contributed by atoms with Crippen molar-refractivity contribution in [2.75, 3.05) is 0 Å². The minimum Gasteiger partial charge on any atom is -1.00 e. The summed E-state index contributed by atoms with van der Waals surface area (Å²) in [6.07, 6.45) is 4.02. The Morgan fingerprint density at radius 1 is 0.771 bits per heavy atom. The largest absolute Gasteiger partial charge is 1.00 e. The molecule has 4 unspecified atom stereocenters. The van der Waals surface area contributed by atoms with E-state index in [4.69, 9.17) is 0 Å². The Bertz CT molecular complexity index is 1240. The van der Waals surface area contributed by atoms with E-state index in [-0.39, 0.29) is 67.4 Å². The topological polar surface area (TPSA) is 0 Å². The van der Waals surface area contributed by atoms with Crippen LogP contribution < -0.4 is 24.8 Å². The zero-order chi connectivity index (χ0) is 22.3. The third-order valence-electron chi connectivity index (χ3n) is 9.09. The van der Waals surface area contributed by atoms with Gasteiger partial charge < -0.3 is 24.8 Å². The molecule has 2 fully saturated rings. The van der Waals surface area contributed by atoms with Crippen molar-refractivity contribution in [1.29, 1.82) is 0 Å². The van der Waals surface area contributed by atoms with Gasteiger partial charge in [-0.05, 0) is 93.7 Å². The average Bonchev–Trinajstić information content (AvgIpc) is 3.42. The third-order valence-corrected chi connectivity index (χ3v) is 9.09. The zero-order valence-electron chi connectivity index (χ0n) is 20.3. The fraction of sp³-hybridized carbons (Fsp3) is 0.400. The molecule has 184 valence electrons. The fourth-order valence-corrected chi connectivity index (χ4v) is 7.89. The molecule has 4 atom stereocenters. The van der Waals surface area contributed by atoms with E-state index in [1.165, 1.54) is 33.9 Å². The quantitative estimate of drug-likeness (QED) is 0.285. The molecule has 3 aliphatic carbocycles. The van der Waals surface area contributed by atoms with Gasteiger partial charge in [0.25, 0.3) is 0 Å². The van der Waals surface area contributed by atoms with Crippen LogP contribution in [0.1, 0.15) is 68.2 Å². The Morgan fingerprint density at radius 2 is 1.43 bits per heavy atom. The first-order chi connectivity index (χ1) is 15.3. The van der Waals surface area contributed by atoms with Crippen LogP contribution in [0.25, 0.3) is 11.1 Å². The molecule has 0 N–H and O–H groups in total. The van der Waals surface area contributed by atoms with Crippen LogP contribution in [0, 0.1) is 28.9 Å². The van der Waals surface area contributed by atoms with Gasteiger partial charge in [-0.2, -0.15) is 0 Å². The van der Waals surface area contributed by atoms with Crippen molar-refractivity contribution >= 4 is 0 Å². The minimum atomic E-state index is -0.722. The summed E-state index contributed by atoms with van der Waals surface area (Å²) in [5.41, 5.74) is 7.91. The second-order valence-corrected chi connectivity index (χ2v) is 11.3. The molecule has 3 aromatic rings. The van der Waals surface area contributed by atoms with Gasteiger partial charge in [0.15, 0.2) is 11.6 Å². The molecule has 6 rings (SSSR count). The average molecular weight is 678 g/mol. The summed E-state index contributed by atoms with van der Waals surface area (Å²) in [6.45, 7) is 7.22. The molecule has 0 heterocycles. The van der Waals surface area contributed by atoms with Gasteiger partial charge in [0.2, 0.25) is 0 Å². The van der Waals surface area contributed by atoms with E-state index < -0.39 is 11.6 Å². The minimum absolute atomic E-state index is 0. The van der Waals surface area contributed by atoms with Gasteiger partial charge in [-0.25, -0.2) is 8.78 Å². The van der Waals surface area contributed by atoms with Crippen molar-refractivity contribution in [2.45, 2.75) is 57.8 Å². The molecular formula is C30H30Cl2F2Hf-2. The second kappa shape index (κ2) is 10.0. The number of fused-ring (bicyclic) bond motifs is 4. The summed E-state index contributed by atoms with van der Waals surface area (Å²) in [4.78, 5) is 0. The maximum absolute atomic E-state index is 14.7. The zero-order valence-corrected chi connectivity index (χ0v) is 25.5. The van der Waals surface area contributed by atoms with Gasteiger partial charge in [0, 0.05) is 25.8 Å². The van der Waals surface area contributed by atoms with Crippen molar-refractivity contribution in [3.8, 4) is 11.1 Å². The first-order valence-electron chi connectivity index (χ1n) is 11.9. The molecule has 0 aromatic heterocycles. The summed E-state index contributed by atoms with van der Waals surface area (Å²) >= 11 is 0. The van der Waals surface area contributed by atoms with Crippen molar-refractivity contribution in [1.82, 2.24) is 0 Å². The molecule has 0 nitrogen and oxygen atoms in total. The fourth-order valence-electron chi connectivity index (χ4n) is 7.89. The molecular weight excluding hydrogens is 648 g/mol. The molecule has 35 heavy (non-hydrogen) atoms. The summed E-state index contributed by atoms with van der Waals surface area (Å²) in [5.74, 6) is -0.290. The van der Waals surface area contributed by atoms with Gasteiger partial charge in [-0.1, -0.05) is 75.4 Å². The van der Waals surface area contributed by atoms with Crippen molar-refractivity contribution in [3.05, 3.63) is 94.6 Å². The molecule has 5 heteroatoms. The number of hydrogen-bond donors (Lipinski definition) is 0. The van der Waals surface area contributed by atoms with E-state index in [1.54, 1.807) is 12.1 Å². The van der Waals surface area contributed by atoms with E-state index in [0.717, 1.165) is 25.7 Å². The maximum atomic E-state index is 14.7. The van der Waals surface area contributed by atoms with Crippen molar-refractivity contribution in [3.63, 3.8) is 0 Å². The Labute approximate surface area is 238 Å². The smallest absolute Gasteiger partial charge is 0.162 e. The van der Waals surface area contributed by atoms with Gasteiger partial charge in [0.1, 0.15) is 0 Å². The Balaban J connectivity index is 0.00000114. The van der Waals surface area contributed by atoms with Crippen LogP contribution in [-0.2, 0) is 37.7 Å². The van der Waals surface area contributed by atoms with E-state index >= 15 is 0 Å². The second-order valence-electron chi connectivity index (χ2n) is 11.3. The van der Waals surface area contributed by atoms with Crippen molar-refractivity contribution < 1.29 is 59.4 Å². The molecule has 3 aliphatic rings. The van der Waals surface area contributed by atoms with Gasteiger partial charge >= 0.3 is 0 Å². The summed E-state index contributed by atoms with van der Waals surface area (Å²) in [7, 11) is 0. The molecule has 0 amide bonds. The van der Waals surface area contributed by atoms with Crippen LogP contribution in [0.3, 0.4) is 0 Å². The van der Waals surface area contributed by atoms with Crippen LogP contribution in [0.15, 0.2) is 60.7 Å². The first-order valence-corrected chi connectivity index (χ1v) is 11.9. The van der Waals surface area contributed by atoms with Gasteiger partial charge in [0.05, 0.1) is 0 Å². The van der Waals surface area contributed by atoms with Crippen molar-refractivity contribution in [2.24, 2.45) is 17.3 Å². The summed E-state index contributed by atoms with van der Waals surface area (Å²) in [5, 5.41) is 0. The standard InChI is InChI=1S/C30H30F2.2ClH.Hf/c1-29(2)17-30(3,24-12-6-11-22-20-9-5-4-8-18(20)14-23(22)24)26-16-19(15-25(26)29)21-10-7-13-27(31)28(21)32;;;/h4-13,19,25-26H,14-17H2,1-3H3;2*1H;/p-2. The van der Waals surface area contributed by atoms with Crippen LogP contribution in [-0.4, -0.2) is 0 Å². The van der Waals surface area contributed by atoms with Crippen LogP contribution in [0.5, 0.6) is 0 Å². The van der Waals surface area contributed by atoms with E-state index in [2.05, 4.69) is 63.2 Å². The van der Waals surface area contributed by atoms with Gasteiger partial charge in [-0.3, -0.25) is 0 Å². The van der Waals surface area contributed by atoms with Crippen LogP contribution in [0.4, 0.5) is 8.78 Å². The molecule has 0 bridgehead atoms. The predicted molar refractivity (Wildman–Crippen MR) is 126 cm³/mol. The Hall–Kier alpha value is -1.03. The van der Waals surface area contributed by atoms with E-state index in [9.17, 15) is 8.78 Å². The van der Waals surface area contributed by atoms with Crippen LogP contribution in [0.2, 0.25) is 0 Å². The number of hydrogen-bond acceptors (Lipinski definition) is 0. The molecule has 0 spiro atoms. The van der Waals surface area contributed by atoms with Crippen LogP contribution >= 0.6 is 0 Å². The molecule has 0 radical (unpaired) electrons. The monoisotopic (exact) mass is 678 g/mol. The Kier molecular flexibility index (Phi) is 8.18. The molecule has 2 saturated carbocycles. The third kappa shape index (κ3) is 4.28. The Morgan fingerprint density at radius 3 is 2.20 bits per heavy atom. The van der Waals surface area contributed by atoms with Gasteiger partial charge in [-0.15, -0.1) is 0 Å². The molecule has 0 aliphatic heterocycles. The SMILES string of the molecule is CC1(C)CC(C)(c2cccc3c2Cc2ccccc2-3)C2CC(c3cccc(F)c3F)CC21.[Cl-].[Cl-].[Hf]. The summed E-state index contributed by atoms with van der Waals surface area (Å²) in [6, 6.07) is 20.3. The van der Waals surface area contributed by atoms with E-state index in [1.807, 2.05) is 0 Å². The number of rotatable bonds is 2. The predicted octanol–water partition coefficient (Wildman–Crippen LogP) is 2.04. The molecule has 3 aromatic carbocycles. The first kappa shape index (κ1) is 28.5. The molecule has 0 saturated heterocycles. The van der Waals surface area contributed by atoms with E-state index in [0.29, 0.717) is 17.4 Å². The normalized spacial score (nSPS) is 27.1. The maximum Gasteiger partial charge on any atom is 0.162 e. The number of benzene rings is 3. The summed E-state index contributed by atoms with van der Waals surface area (Å²) < 4.78 is 28.7.